The fourth-order valence-electron chi connectivity index (χ4n) is 0.835. The molecule has 1 nitrogen and oxygen atoms in total. The number of rotatable bonds is 1. The molecule has 0 spiro atoms. The summed E-state index contributed by atoms with van der Waals surface area (Å²) in [5, 5.41) is 0. The van der Waals surface area contributed by atoms with E-state index in [2.05, 4.69) is 11.6 Å². The molecule has 0 aliphatic heterocycles. The standard InChI is InChI=1S/C9H11N/c1-3-10-9-7-5-4-6-8(9)2/h4-7H,2-3H2,1H3/b10-9-. The van der Waals surface area contributed by atoms with E-state index in [1.54, 1.807) is 0 Å². The molecule has 0 unspecified atom stereocenters. The van der Waals surface area contributed by atoms with Crippen LogP contribution in [0.25, 0.3) is 0 Å². The van der Waals surface area contributed by atoms with Gasteiger partial charge in [-0.3, -0.25) is 4.99 Å². The van der Waals surface area contributed by atoms with Crippen LogP contribution in [-0.4, -0.2) is 12.3 Å². The molecule has 0 atom stereocenters. The van der Waals surface area contributed by atoms with Crippen molar-refractivity contribution < 1.29 is 0 Å². The van der Waals surface area contributed by atoms with Crippen molar-refractivity contribution in [2.45, 2.75) is 6.92 Å². The second-order valence-corrected chi connectivity index (χ2v) is 2.10. The Morgan fingerprint density at radius 1 is 1.40 bits per heavy atom. The molecule has 52 valence electrons. The van der Waals surface area contributed by atoms with Gasteiger partial charge in [0.05, 0.1) is 5.71 Å². The van der Waals surface area contributed by atoms with Gasteiger partial charge in [0, 0.05) is 6.54 Å². The van der Waals surface area contributed by atoms with Gasteiger partial charge in [0.25, 0.3) is 0 Å². The van der Waals surface area contributed by atoms with E-state index in [0.717, 1.165) is 17.8 Å². The summed E-state index contributed by atoms with van der Waals surface area (Å²) in [6.45, 7) is 6.69. The molecule has 0 bridgehead atoms. The van der Waals surface area contributed by atoms with Crippen molar-refractivity contribution >= 4 is 5.71 Å². The Morgan fingerprint density at radius 3 is 2.70 bits per heavy atom. The Hall–Kier alpha value is -1.11. The first-order chi connectivity index (χ1) is 4.84. The third-order valence-electron chi connectivity index (χ3n) is 1.32. The number of allylic oxidation sites excluding steroid dienone is 5. The van der Waals surface area contributed by atoms with E-state index < -0.39 is 0 Å². The third kappa shape index (κ3) is 1.44. The Bertz CT molecular complexity index is 219. The Kier molecular flexibility index (Phi) is 2.21. The summed E-state index contributed by atoms with van der Waals surface area (Å²) in [6.07, 6.45) is 7.89. The Balaban J connectivity index is 2.80. The van der Waals surface area contributed by atoms with Gasteiger partial charge in [-0.15, -0.1) is 0 Å². The normalized spacial score (nSPS) is 20.5. The number of aliphatic imine (C=N–C) groups is 1. The average molecular weight is 133 g/mol. The van der Waals surface area contributed by atoms with Crippen molar-refractivity contribution in [3.8, 4) is 0 Å². The maximum atomic E-state index is 4.24. The fourth-order valence-corrected chi connectivity index (χ4v) is 0.835. The molecule has 0 amide bonds. The molecule has 0 fully saturated rings. The Morgan fingerprint density at radius 2 is 2.10 bits per heavy atom. The highest BCUT2D eigenvalue weighted by Gasteiger charge is 1.97. The number of hydrogen-bond donors (Lipinski definition) is 0. The quantitative estimate of drug-likeness (QED) is 0.519. The van der Waals surface area contributed by atoms with Crippen molar-refractivity contribution in [2.24, 2.45) is 4.99 Å². The van der Waals surface area contributed by atoms with Gasteiger partial charge in [-0.05, 0) is 18.6 Å². The van der Waals surface area contributed by atoms with Crippen molar-refractivity contribution in [1.29, 1.82) is 0 Å². The van der Waals surface area contributed by atoms with Gasteiger partial charge >= 0.3 is 0 Å². The molecular weight excluding hydrogens is 122 g/mol. The highest BCUT2D eigenvalue weighted by molar-refractivity contribution is 6.11. The van der Waals surface area contributed by atoms with Crippen LogP contribution in [0.2, 0.25) is 0 Å². The van der Waals surface area contributed by atoms with Crippen LogP contribution >= 0.6 is 0 Å². The predicted molar refractivity (Wildman–Crippen MR) is 45.4 cm³/mol. The minimum absolute atomic E-state index is 0.826. The lowest BCUT2D eigenvalue weighted by Crippen LogP contribution is -1.98. The lowest BCUT2D eigenvalue weighted by molar-refractivity contribution is 1.13. The summed E-state index contributed by atoms with van der Waals surface area (Å²) in [5.41, 5.74) is 2.01. The van der Waals surface area contributed by atoms with Crippen LogP contribution in [0.3, 0.4) is 0 Å². The first kappa shape index (κ1) is 7.00. The zero-order valence-corrected chi connectivity index (χ0v) is 6.17. The first-order valence-electron chi connectivity index (χ1n) is 3.43. The lowest BCUT2D eigenvalue weighted by atomic mass is 10.1. The second kappa shape index (κ2) is 3.16. The molecule has 1 rings (SSSR count). The van der Waals surface area contributed by atoms with Gasteiger partial charge in [0.15, 0.2) is 0 Å². The molecule has 1 aliphatic carbocycles. The van der Waals surface area contributed by atoms with E-state index in [9.17, 15) is 0 Å². The monoisotopic (exact) mass is 133 g/mol. The highest BCUT2D eigenvalue weighted by atomic mass is 14.7. The van der Waals surface area contributed by atoms with Gasteiger partial charge in [-0.1, -0.05) is 24.8 Å². The van der Waals surface area contributed by atoms with Crippen LogP contribution in [-0.2, 0) is 0 Å². The zero-order chi connectivity index (χ0) is 7.40. The molecule has 0 aromatic heterocycles. The Labute approximate surface area is 61.5 Å². The smallest absolute Gasteiger partial charge is 0.0640 e. The molecule has 0 N–H and O–H groups in total. The van der Waals surface area contributed by atoms with Crippen molar-refractivity contribution in [3.63, 3.8) is 0 Å². The molecule has 1 aliphatic rings. The zero-order valence-electron chi connectivity index (χ0n) is 6.17. The molecule has 10 heavy (non-hydrogen) atoms. The van der Waals surface area contributed by atoms with Crippen LogP contribution in [0.15, 0.2) is 41.4 Å². The molecule has 0 radical (unpaired) electrons. The molecule has 0 aromatic rings. The van der Waals surface area contributed by atoms with Gasteiger partial charge in [-0.25, -0.2) is 0 Å². The molecule has 1 heteroatoms. The maximum Gasteiger partial charge on any atom is 0.0640 e. The van der Waals surface area contributed by atoms with E-state index in [1.807, 2.05) is 31.2 Å². The van der Waals surface area contributed by atoms with E-state index in [-0.39, 0.29) is 0 Å². The number of hydrogen-bond acceptors (Lipinski definition) is 1. The van der Waals surface area contributed by atoms with Crippen LogP contribution in [0.5, 0.6) is 0 Å². The van der Waals surface area contributed by atoms with Crippen LogP contribution < -0.4 is 0 Å². The minimum Gasteiger partial charge on any atom is -0.285 e. The fraction of sp³-hybridized carbons (Fsp3) is 0.222. The molecule has 0 aromatic carbocycles. The van der Waals surface area contributed by atoms with Crippen molar-refractivity contribution in [1.82, 2.24) is 0 Å². The first-order valence-corrected chi connectivity index (χ1v) is 3.43. The van der Waals surface area contributed by atoms with Gasteiger partial charge in [0.1, 0.15) is 0 Å². The van der Waals surface area contributed by atoms with Crippen molar-refractivity contribution in [3.05, 3.63) is 36.5 Å². The summed E-state index contributed by atoms with van der Waals surface area (Å²) >= 11 is 0. The molecular formula is C9H11N. The van der Waals surface area contributed by atoms with Crippen molar-refractivity contribution in [2.75, 3.05) is 6.54 Å². The lowest BCUT2D eigenvalue weighted by Gasteiger charge is -2.02. The van der Waals surface area contributed by atoms with Gasteiger partial charge in [-0.2, -0.15) is 0 Å². The van der Waals surface area contributed by atoms with E-state index in [4.69, 9.17) is 0 Å². The second-order valence-electron chi connectivity index (χ2n) is 2.10. The largest absolute Gasteiger partial charge is 0.285 e. The highest BCUT2D eigenvalue weighted by Crippen LogP contribution is 2.04. The summed E-state index contributed by atoms with van der Waals surface area (Å²) in [6, 6.07) is 0. The summed E-state index contributed by atoms with van der Waals surface area (Å²) in [7, 11) is 0. The summed E-state index contributed by atoms with van der Waals surface area (Å²) in [5.74, 6) is 0. The topological polar surface area (TPSA) is 12.4 Å². The molecule has 0 saturated heterocycles. The third-order valence-corrected chi connectivity index (χ3v) is 1.32. The summed E-state index contributed by atoms with van der Waals surface area (Å²) in [4.78, 5) is 4.24. The molecule has 0 heterocycles. The van der Waals surface area contributed by atoms with E-state index >= 15 is 0 Å². The number of nitrogens with zero attached hydrogens (tertiary/aromatic N) is 1. The van der Waals surface area contributed by atoms with E-state index in [0.29, 0.717) is 0 Å². The van der Waals surface area contributed by atoms with Crippen LogP contribution in [0.1, 0.15) is 6.92 Å². The van der Waals surface area contributed by atoms with Crippen LogP contribution in [0.4, 0.5) is 0 Å². The van der Waals surface area contributed by atoms with Gasteiger partial charge < -0.3 is 0 Å². The maximum absolute atomic E-state index is 4.24. The van der Waals surface area contributed by atoms with Crippen LogP contribution in [0, 0.1) is 0 Å². The average Bonchev–Trinajstić information content (AvgIpc) is 1.94. The SMILES string of the molecule is C=C1C=CC=C/C1=N/CC. The molecule has 0 saturated carbocycles. The summed E-state index contributed by atoms with van der Waals surface area (Å²) < 4.78 is 0. The predicted octanol–water partition coefficient (Wildman–Crippen LogP) is 2.13. The van der Waals surface area contributed by atoms with Gasteiger partial charge in [0.2, 0.25) is 0 Å². The minimum atomic E-state index is 0.826. The van der Waals surface area contributed by atoms with E-state index in [1.165, 1.54) is 0 Å².